The first-order chi connectivity index (χ1) is 8.48. The van der Waals surface area contributed by atoms with Gasteiger partial charge in [-0.25, -0.2) is 8.42 Å². The van der Waals surface area contributed by atoms with E-state index < -0.39 is 10.0 Å². The largest absolute Gasteiger partial charge is 0.494 e. The average Bonchev–Trinajstić information content (AvgIpc) is 2.30. The highest BCUT2D eigenvalue weighted by Crippen LogP contribution is 2.22. The van der Waals surface area contributed by atoms with Gasteiger partial charge in [0.2, 0.25) is 10.0 Å². The molecular weight excluding hydrogens is 250 g/mol. The van der Waals surface area contributed by atoms with Crippen LogP contribution in [0.15, 0.2) is 18.2 Å². The van der Waals surface area contributed by atoms with Crippen LogP contribution in [-0.2, 0) is 10.0 Å². The van der Waals surface area contributed by atoms with Crippen LogP contribution in [0.2, 0.25) is 0 Å². The Balaban J connectivity index is 2.77. The fraction of sp³-hybridized carbons (Fsp3) is 0.538. The Bertz CT molecular complexity index is 483. The van der Waals surface area contributed by atoms with Crippen LogP contribution in [0, 0.1) is 6.92 Å². The van der Waals surface area contributed by atoms with E-state index in [0.717, 1.165) is 17.7 Å². The second-order valence-electron chi connectivity index (χ2n) is 4.19. The molecule has 0 fully saturated rings. The monoisotopic (exact) mass is 271 g/mol. The van der Waals surface area contributed by atoms with E-state index in [9.17, 15) is 8.42 Å². The molecule has 0 amide bonds. The summed E-state index contributed by atoms with van der Waals surface area (Å²) in [5.74, 6) is 0.949. The number of rotatable bonds is 7. The second-order valence-corrected chi connectivity index (χ2v) is 6.03. The van der Waals surface area contributed by atoms with Crippen LogP contribution in [0.1, 0.15) is 32.3 Å². The summed E-state index contributed by atoms with van der Waals surface area (Å²) in [6, 6.07) is 5.30. The van der Waals surface area contributed by atoms with Crippen LogP contribution < -0.4 is 9.46 Å². The number of benzene rings is 1. The molecule has 1 aromatic carbocycles. The number of anilines is 1. The molecule has 1 rings (SSSR count). The number of nitrogens with one attached hydrogen (secondary N) is 1. The van der Waals surface area contributed by atoms with Gasteiger partial charge in [0.05, 0.1) is 12.4 Å². The maximum atomic E-state index is 11.7. The highest BCUT2D eigenvalue weighted by atomic mass is 32.2. The third kappa shape index (κ3) is 4.56. The zero-order valence-electron chi connectivity index (χ0n) is 11.2. The van der Waals surface area contributed by atoms with Gasteiger partial charge >= 0.3 is 0 Å². The Morgan fingerprint density at radius 2 is 2.00 bits per heavy atom. The van der Waals surface area contributed by atoms with Crippen molar-refractivity contribution >= 4 is 15.7 Å². The topological polar surface area (TPSA) is 55.4 Å². The summed E-state index contributed by atoms with van der Waals surface area (Å²) in [4.78, 5) is 0. The minimum atomic E-state index is -3.23. The van der Waals surface area contributed by atoms with Crippen molar-refractivity contribution in [2.45, 2.75) is 33.6 Å². The van der Waals surface area contributed by atoms with Gasteiger partial charge in [-0.15, -0.1) is 0 Å². The third-order valence-corrected chi connectivity index (χ3v) is 3.89. The predicted octanol–water partition coefficient (Wildman–Crippen LogP) is 2.94. The number of hydrogen-bond donors (Lipinski definition) is 1. The molecule has 0 saturated heterocycles. The van der Waals surface area contributed by atoms with Crippen LogP contribution in [0.25, 0.3) is 0 Å². The zero-order valence-corrected chi connectivity index (χ0v) is 12.0. The lowest BCUT2D eigenvalue weighted by molar-refractivity contribution is 0.338. The molecule has 0 heterocycles. The number of sulfonamides is 1. The van der Waals surface area contributed by atoms with E-state index in [1.54, 1.807) is 18.2 Å². The van der Waals surface area contributed by atoms with Crippen molar-refractivity contribution < 1.29 is 13.2 Å². The van der Waals surface area contributed by atoms with Crippen LogP contribution in [0.5, 0.6) is 5.75 Å². The molecule has 1 aromatic rings. The van der Waals surface area contributed by atoms with Crippen LogP contribution in [0.3, 0.4) is 0 Å². The van der Waals surface area contributed by atoms with Crippen molar-refractivity contribution in [3.8, 4) is 5.75 Å². The van der Waals surface area contributed by atoms with Gasteiger partial charge in [0.15, 0.2) is 0 Å². The van der Waals surface area contributed by atoms with Crippen molar-refractivity contribution in [3.63, 3.8) is 0 Å². The average molecular weight is 271 g/mol. The highest BCUT2D eigenvalue weighted by molar-refractivity contribution is 7.92. The van der Waals surface area contributed by atoms with Gasteiger partial charge in [-0.05, 0) is 44.0 Å². The Kier molecular flexibility index (Phi) is 5.47. The van der Waals surface area contributed by atoms with E-state index in [1.165, 1.54) is 0 Å². The number of unbranched alkanes of at least 4 members (excludes halogenated alkanes) is 1. The van der Waals surface area contributed by atoms with E-state index >= 15 is 0 Å². The van der Waals surface area contributed by atoms with Crippen molar-refractivity contribution in [2.24, 2.45) is 0 Å². The Hall–Kier alpha value is -1.23. The number of hydrogen-bond acceptors (Lipinski definition) is 3. The lowest BCUT2D eigenvalue weighted by atomic mass is 10.2. The summed E-state index contributed by atoms with van der Waals surface area (Å²) in [6.07, 6.45) is 1.54. The second kappa shape index (κ2) is 6.64. The van der Waals surface area contributed by atoms with Crippen LogP contribution >= 0.6 is 0 Å². The molecule has 0 aromatic heterocycles. The molecule has 4 nitrogen and oxygen atoms in total. The molecule has 0 aliphatic heterocycles. The standard InChI is InChI=1S/C13H21NO3S/c1-4-6-9-18(15,16)14-12-7-8-13(17-5-2)11(3)10-12/h7-8,10,14H,4-6,9H2,1-3H3. The summed E-state index contributed by atoms with van der Waals surface area (Å²) >= 11 is 0. The molecule has 102 valence electrons. The third-order valence-electron chi connectivity index (χ3n) is 2.51. The van der Waals surface area contributed by atoms with Gasteiger partial charge < -0.3 is 4.74 Å². The van der Waals surface area contributed by atoms with Crippen LogP contribution in [0.4, 0.5) is 5.69 Å². The molecular formula is C13H21NO3S. The predicted molar refractivity (Wildman–Crippen MR) is 74.7 cm³/mol. The van der Waals surface area contributed by atoms with Crippen molar-refractivity contribution in [3.05, 3.63) is 23.8 Å². The first-order valence-corrected chi connectivity index (χ1v) is 7.87. The number of ether oxygens (including phenoxy) is 1. The first kappa shape index (κ1) is 14.8. The molecule has 0 saturated carbocycles. The lowest BCUT2D eigenvalue weighted by Crippen LogP contribution is -2.16. The molecule has 0 radical (unpaired) electrons. The lowest BCUT2D eigenvalue weighted by Gasteiger charge is -2.11. The van der Waals surface area contributed by atoms with E-state index in [-0.39, 0.29) is 5.75 Å². The Morgan fingerprint density at radius 3 is 2.56 bits per heavy atom. The maximum Gasteiger partial charge on any atom is 0.232 e. The van der Waals surface area contributed by atoms with Crippen LogP contribution in [-0.4, -0.2) is 20.8 Å². The van der Waals surface area contributed by atoms with Crippen molar-refractivity contribution in [2.75, 3.05) is 17.1 Å². The fourth-order valence-electron chi connectivity index (χ4n) is 1.60. The van der Waals surface area contributed by atoms with Gasteiger partial charge in [0.1, 0.15) is 5.75 Å². The molecule has 0 bridgehead atoms. The minimum Gasteiger partial charge on any atom is -0.494 e. The molecule has 0 spiro atoms. The summed E-state index contributed by atoms with van der Waals surface area (Å²) in [5, 5.41) is 0. The van der Waals surface area contributed by atoms with E-state index in [2.05, 4.69) is 4.72 Å². The van der Waals surface area contributed by atoms with Gasteiger partial charge in [0, 0.05) is 5.69 Å². The minimum absolute atomic E-state index is 0.162. The highest BCUT2D eigenvalue weighted by Gasteiger charge is 2.10. The van der Waals surface area contributed by atoms with E-state index in [1.807, 2.05) is 20.8 Å². The van der Waals surface area contributed by atoms with Gasteiger partial charge in [-0.3, -0.25) is 4.72 Å². The molecule has 0 aliphatic carbocycles. The molecule has 18 heavy (non-hydrogen) atoms. The summed E-state index contributed by atoms with van der Waals surface area (Å²) in [6.45, 7) is 6.38. The van der Waals surface area contributed by atoms with Crippen molar-refractivity contribution in [1.82, 2.24) is 0 Å². The smallest absolute Gasteiger partial charge is 0.232 e. The fourth-order valence-corrected chi connectivity index (χ4v) is 2.85. The van der Waals surface area contributed by atoms with E-state index in [4.69, 9.17) is 4.74 Å². The summed E-state index contributed by atoms with van der Waals surface area (Å²) in [7, 11) is -3.23. The van der Waals surface area contributed by atoms with Crippen molar-refractivity contribution in [1.29, 1.82) is 0 Å². The van der Waals surface area contributed by atoms with E-state index in [0.29, 0.717) is 18.7 Å². The zero-order chi connectivity index (χ0) is 13.6. The summed E-state index contributed by atoms with van der Waals surface area (Å²) in [5.41, 5.74) is 1.51. The van der Waals surface area contributed by atoms with Gasteiger partial charge in [0.25, 0.3) is 0 Å². The van der Waals surface area contributed by atoms with Gasteiger partial charge in [-0.2, -0.15) is 0 Å². The summed E-state index contributed by atoms with van der Waals surface area (Å²) < 4.78 is 31.5. The quantitative estimate of drug-likeness (QED) is 0.829. The molecule has 1 N–H and O–H groups in total. The van der Waals surface area contributed by atoms with Gasteiger partial charge in [-0.1, -0.05) is 13.3 Å². The first-order valence-electron chi connectivity index (χ1n) is 6.22. The SMILES string of the molecule is CCCCS(=O)(=O)Nc1ccc(OCC)c(C)c1. The normalized spacial score (nSPS) is 11.3. The Labute approximate surface area is 109 Å². The molecule has 0 atom stereocenters. The Morgan fingerprint density at radius 1 is 1.28 bits per heavy atom. The molecule has 0 unspecified atom stereocenters. The molecule has 0 aliphatic rings. The number of aryl methyl sites for hydroxylation is 1. The molecule has 5 heteroatoms. The maximum absolute atomic E-state index is 11.7.